The van der Waals surface area contributed by atoms with Crippen LogP contribution < -0.4 is 10.5 Å². The monoisotopic (exact) mass is 256 g/mol. The van der Waals surface area contributed by atoms with Crippen LogP contribution >= 0.6 is 0 Å². The largest absolute Gasteiger partial charge is 0.456 e. The summed E-state index contributed by atoms with van der Waals surface area (Å²) in [6, 6.07) is 8.23. The number of rotatable bonds is 4. The van der Waals surface area contributed by atoms with Crippen molar-refractivity contribution in [3.63, 3.8) is 0 Å². The third kappa shape index (κ3) is 2.95. The SMILES string of the molecule is Cc1cc(Oc2ccc(C(N)=O)nc2)ccc1C=O. The van der Waals surface area contributed by atoms with Crippen LogP contribution in [0.4, 0.5) is 0 Å². The van der Waals surface area contributed by atoms with Gasteiger partial charge in [0.2, 0.25) is 0 Å². The molecule has 96 valence electrons. The fourth-order valence-electron chi connectivity index (χ4n) is 1.57. The first kappa shape index (κ1) is 12.8. The Morgan fingerprint density at radius 2 is 2.00 bits per heavy atom. The molecule has 0 bridgehead atoms. The van der Waals surface area contributed by atoms with Gasteiger partial charge < -0.3 is 10.5 Å². The highest BCUT2D eigenvalue weighted by Gasteiger charge is 2.04. The zero-order chi connectivity index (χ0) is 13.8. The minimum atomic E-state index is -0.585. The van der Waals surface area contributed by atoms with E-state index < -0.39 is 5.91 Å². The third-order valence-corrected chi connectivity index (χ3v) is 2.59. The van der Waals surface area contributed by atoms with Crippen molar-refractivity contribution < 1.29 is 14.3 Å². The van der Waals surface area contributed by atoms with Crippen molar-refractivity contribution in [2.45, 2.75) is 6.92 Å². The lowest BCUT2D eigenvalue weighted by atomic mass is 10.1. The normalized spacial score (nSPS) is 9.95. The van der Waals surface area contributed by atoms with E-state index in [1.165, 1.54) is 12.3 Å². The first-order valence-corrected chi connectivity index (χ1v) is 5.59. The lowest BCUT2D eigenvalue weighted by molar-refractivity contribution is 0.0995. The quantitative estimate of drug-likeness (QED) is 0.849. The van der Waals surface area contributed by atoms with Gasteiger partial charge in [0.05, 0.1) is 6.20 Å². The topological polar surface area (TPSA) is 82.3 Å². The Morgan fingerprint density at radius 1 is 1.26 bits per heavy atom. The van der Waals surface area contributed by atoms with Crippen LogP contribution in [0, 0.1) is 6.92 Å². The Balaban J connectivity index is 2.19. The second kappa shape index (κ2) is 5.30. The predicted molar refractivity (Wildman–Crippen MR) is 69.4 cm³/mol. The second-order valence-electron chi connectivity index (χ2n) is 3.98. The van der Waals surface area contributed by atoms with Gasteiger partial charge in [0.15, 0.2) is 0 Å². The van der Waals surface area contributed by atoms with Crippen LogP contribution in [0.1, 0.15) is 26.4 Å². The Labute approximate surface area is 110 Å². The van der Waals surface area contributed by atoms with Crippen molar-refractivity contribution in [2.75, 3.05) is 0 Å². The van der Waals surface area contributed by atoms with E-state index in [2.05, 4.69) is 4.98 Å². The number of hydrogen-bond acceptors (Lipinski definition) is 4. The van der Waals surface area contributed by atoms with Gasteiger partial charge in [0.1, 0.15) is 23.5 Å². The van der Waals surface area contributed by atoms with E-state index >= 15 is 0 Å². The molecule has 2 N–H and O–H groups in total. The summed E-state index contributed by atoms with van der Waals surface area (Å²) in [4.78, 5) is 25.5. The summed E-state index contributed by atoms with van der Waals surface area (Å²) in [5.74, 6) is 0.498. The lowest BCUT2D eigenvalue weighted by Crippen LogP contribution is -2.12. The molecular weight excluding hydrogens is 244 g/mol. The molecule has 1 aromatic carbocycles. The van der Waals surface area contributed by atoms with Crippen LogP contribution in [-0.2, 0) is 0 Å². The maximum Gasteiger partial charge on any atom is 0.267 e. The Morgan fingerprint density at radius 3 is 2.53 bits per heavy atom. The molecule has 0 atom stereocenters. The van der Waals surface area contributed by atoms with Crippen LogP contribution in [0.15, 0.2) is 36.5 Å². The number of hydrogen-bond donors (Lipinski definition) is 1. The molecule has 0 aliphatic heterocycles. The van der Waals surface area contributed by atoms with E-state index in [4.69, 9.17) is 10.5 Å². The molecule has 0 saturated heterocycles. The van der Waals surface area contributed by atoms with Crippen LogP contribution in [0.3, 0.4) is 0 Å². The number of benzene rings is 1. The molecule has 5 heteroatoms. The second-order valence-corrected chi connectivity index (χ2v) is 3.98. The van der Waals surface area contributed by atoms with Crippen LogP contribution in [0.5, 0.6) is 11.5 Å². The molecule has 1 heterocycles. The van der Waals surface area contributed by atoms with Crippen molar-refractivity contribution in [3.05, 3.63) is 53.3 Å². The molecule has 5 nitrogen and oxygen atoms in total. The molecule has 19 heavy (non-hydrogen) atoms. The molecule has 0 unspecified atom stereocenters. The van der Waals surface area contributed by atoms with Gasteiger partial charge in [-0.1, -0.05) is 0 Å². The molecule has 1 aromatic heterocycles. The van der Waals surface area contributed by atoms with Crippen molar-refractivity contribution in [3.8, 4) is 11.5 Å². The minimum Gasteiger partial charge on any atom is -0.456 e. The Bertz CT molecular complexity index is 621. The summed E-state index contributed by atoms with van der Waals surface area (Å²) < 4.78 is 5.56. The molecular formula is C14H12N2O3. The maximum absolute atomic E-state index is 10.9. The number of ether oxygens (including phenoxy) is 1. The first-order chi connectivity index (χ1) is 9.10. The van der Waals surface area contributed by atoms with Gasteiger partial charge in [-0.15, -0.1) is 0 Å². The van der Waals surface area contributed by atoms with E-state index in [1.807, 2.05) is 6.92 Å². The Kier molecular flexibility index (Phi) is 3.56. The predicted octanol–water partition coefficient (Wildman–Crippen LogP) is 2.09. The summed E-state index contributed by atoms with van der Waals surface area (Å²) in [6.07, 6.45) is 2.21. The highest BCUT2D eigenvalue weighted by molar-refractivity contribution is 5.90. The van der Waals surface area contributed by atoms with Crippen molar-refractivity contribution in [2.24, 2.45) is 5.73 Å². The zero-order valence-corrected chi connectivity index (χ0v) is 10.3. The van der Waals surface area contributed by atoms with Crippen LogP contribution in [0.25, 0.3) is 0 Å². The summed E-state index contributed by atoms with van der Waals surface area (Å²) in [5, 5.41) is 0. The number of nitrogens with zero attached hydrogens (tertiary/aromatic N) is 1. The average molecular weight is 256 g/mol. The first-order valence-electron chi connectivity index (χ1n) is 5.59. The van der Waals surface area contributed by atoms with E-state index in [0.717, 1.165) is 11.8 Å². The number of nitrogens with two attached hydrogens (primary N) is 1. The van der Waals surface area contributed by atoms with Crippen molar-refractivity contribution >= 4 is 12.2 Å². The van der Waals surface area contributed by atoms with Crippen LogP contribution in [-0.4, -0.2) is 17.2 Å². The summed E-state index contributed by atoms with van der Waals surface area (Å²) in [7, 11) is 0. The van der Waals surface area contributed by atoms with Gasteiger partial charge in [-0.2, -0.15) is 0 Å². The Hall–Kier alpha value is -2.69. The van der Waals surface area contributed by atoms with Gasteiger partial charge in [0.25, 0.3) is 5.91 Å². The van der Waals surface area contributed by atoms with E-state index in [1.54, 1.807) is 24.3 Å². The average Bonchev–Trinajstić information content (AvgIpc) is 2.39. The number of pyridine rings is 1. The molecule has 0 radical (unpaired) electrons. The molecule has 0 fully saturated rings. The molecule has 0 spiro atoms. The number of aryl methyl sites for hydroxylation is 1. The highest BCUT2D eigenvalue weighted by Crippen LogP contribution is 2.22. The van der Waals surface area contributed by atoms with E-state index in [9.17, 15) is 9.59 Å². The molecule has 0 saturated carbocycles. The molecule has 1 amide bonds. The molecule has 0 aliphatic rings. The number of primary amides is 1. The summed E-state index contributed by atoms with van der Waals surface area (Å²) >= 11 is 0. The van der Waals surface area contributed by atoms with Crippen molar-refractivity contribution in [1.29, 1.82) is 0 Å². The standard InChI is InChI=1S/C14H12N2O3/c1-9-6-11(3-2-10(9)8-17)19-12-4-5-13(14(15)18)16-7-12/h2-8H,1H3,(H2,15,18). The molecule has 2 rings (SSSR count). The summed E-state index contributed by atoms with van der Waals surface area (Å²) in [5.41, 5.74) is 6.72. The van der Waals surface area contributed by atoms with Crippen LogP contribution in [0.2, 0.25) is 0 Å². The minimum absolute atomic E-state index is 0.180. The number of aldehydes is 1. The number of carbonyl (C=O) groups excluding carboxylic acids is 2. The number of amides is 1. The van der Waals surface area contributed by atoms with E-state index in [0.29, 0.717) is 17.1 Å². The number of aromatic nitrogens is 1. The third-order valence-electron chi connectivity index (χ3n) is 2.59. The smallest absolute Gasteiger partial charge is 0.267 e. The molecule has 2 aromatic rings. The fourth-order valence-corrected chi connectivity index (χ4v) is 1.57. The van der Waals surface area contributed by atoms with Gasteiger partial charge in [0, 0.05) is 5.56 Å². The number of carbonyl (C=O) groups is 2. The van der Waals surface area contributed by atoms with Gasteiger partial charge in [-0.05, 0) is 42.8 Å². The summed E-state index contributed by atoms with van der Waals surface area (Å²) in [6.45, 7) is 1.82. The molecule has 0 aliphatic carbocycles. The zero-order valence-electron chi connectivity index (χ0n) is 10.3. The van der Waals surface area contributed by atoms with Gasteiger partial charge >= 0.3 is 0 Å². The van der Waals surface area contributed by atoms with Gasteiger partial charge in [-0.25, -0.2) is 4.98 Å². The maximum atomic E-state index is 10.9. The van der Waals surface area contributed by atoms with E-state index in [-0.39, 0.29) is 5.69 Å². The highest BCUT2D eigenvalue weighted by atomic mass is 16.5. The fraction of sp³-hybridized carbons (Fsp3) is 0.0714. The van der Waals surface area contributed by atoms with Crippen molar-refractivity contribution in [1.82, 2.24) is 4.98 Å². The van der Waals surface area contributed by atoms with Gasteiger partial charge in [-0.3, -0.25) is 9.59 Å². The lowest BCUT2D eigenvalue weighted by Gasteiger charge is -2.07.